The van der Waals surface area contributed by atoms with Gasteiger partial charge in [-0.2, -0.15) is 23.5 Å². The Bertz CT molecular complexity index is 702. The van der Waals surface area contributed by atoms with Gasteiger partial charge in [-0.1, -0.05) is 36.4 Å². The van der Waals surface area contributed by atoms with Gasteiger partial charge < -0.3 is 10.6 Å². The second-order valence-corrected chi connectivity index (χ2v) is 8.40. The number of nitrogens with one attached hydrogen (secondary N) is 2. The highest BCUT2D eigenvalue weighted by Crippen LogP contribution is 2.16. The smallest absolute Gasteiger partial charge is 0.234 e. The lowest BCUT2D eigenvalue weighted by atomic mass is 10.2. The van der Waals surface area contributed by atoms with Crippen LogP contribution >= 0.6 is 23.5 Å². The van der Waals surface area contributed by atoms with E-state index in [9.17, 15) is 9.59 Å². The molecule has 0 unspecified atom stereocenters. The molecule has 0 saturated heterocycles. The Morgan fingerprint density at radius 3 is 1.56 bits per heavy atom. The first kappa shape index (κ1) is 21.4. The van der Waals surface area contributed by atoms with Crippen molar-refractivity contribution < 1.29 is 9.59 Å². The zero-order valence-corrected chi connectivity index (χ0v) is 17.4. The minimum absolute atomic E-state index is 0.0274. The van der Waals surface area contributed by atoms with Crippen molar-refractivity contribution in [2.45, 2.75) is 20.3 Å². The molecular formula is C21H26N2O2S2. The van der Waals surface area contributed by atoms with Gasteiger partial charge in [0.05, 0.1) is 11.5 Å². The number of rotatable bonds is 10. The monoisotopic (exact) mass is 402 g/mol. The molecule has 2 N–H and O–H groups in total. The third-order valence-electron chi connectivity index (χ3n) is 3.88. The molecule has 144 valence electrons. The standard InChI is InChI=1S/C21H26N2O2S2/c1-16-8-3-5-10-18(16)22-20(24)14-26-12-7-13-27-15-21(25)23-19-11-6-4-9-17(19)2/h3-6,8-11H,7,12-15H2,1-2H3,(H,22,24)(H,23,25). The summed E-state index contributed by atoms with van der Waals surface area (Å²) in [5.74, 6) is 2.78. The van der Waals surface area contributed by atoms with E-state index in [2.05, 4.69) is 10.6 Å². The van der Waals surface area contributed by atoms with E-state index in [1.807, 2.05) is 62.4 Å². The topological polar surface area (TPSA) is 58.2 Å². The van der Waals surface area contributed by atoms with Crippen LogP contribution in [0.2, 0.25) is 0 Å². The van der Waals surface area contributed by atoms with E-state index in [0.717, 1.165) is 40.4 Å². The van der Waals surface area contributed by atoms with Crippen molar-refractivity contribution in [3.8, 4) is 0 Å². The number of thioether (sulfide) groups is 2. The van der Waals surface area contributed by atoms with Crippen LogP contribution in [-0.4, -0.2) is 34.8 Å². The van der Waals surface area contributed by atoms with Gasteiger partial charge in [0.2, 0.25) is 11.8 Å². The summed E-state index contributed by atoms with van der Waals surface area (Å²) < 4.78 is 0. The fourth-order valence-corrected chi connectivity index (χ4v) is 4.08. The van der Waals surface area contributed by atoms with Crippen molar-refractivity contribution in [2.75, 3.05) is 33.6 Å². The van der Waals surface area contributed by atoms with Gasteiger partial charge in [0, 0.05) is 11.4 Å². The zero-order chi connectivity index (χ0) is 19.5. The molecule has 2 aromatic rings. The molecule has 6 heteroatoms. The fourth-order valence-electron chi connectivity index (χ4n) is 2.39. The SMILES string of the molecule is Cc1ccccc1NC(=O)CSCCCSCC(=O)Nc1ccccc1C. The van der Waals surface area contributed by atoms with Gasteiger partial charge in [-0.3, -0.25) is 9.59 Å². The van der Waals surface area contributed by atoms with Crippen molar-refractivity contribution in [1.29, 1.82) is 0 Å². The molecule has 0 bridgehead atoms. The van der Waals surface area contributed by atoms with Crippen molar-refractivity contribution in [1.82, 2.24) is 0 Å². The molecule has 0 radical (unpaired) electrons. The number of hydrogen-bond acceptors (Lipinski definition) is 4. The first-order valence-corrected chi connectivity index (χ1v) is 11.2. The summed E-state index contributed by atoms with van der Waals surface area (Å²) >= 11 is 3.25. The molecule has 27 heavy (non-hydrogen) atoms. The highest BCUT2D eigenvalue weighted by molar-refractivity contribution is 8.00. The molecule has 0 aliphatic carbocycles. The van der Waals surface area contributed by atoms with Crippen molar-refractivity contribution >= 4 is 46.7 Å². The second-order valence-electron chi connectivity index (χ2n) is 6.18. The summed E-state index contributed by atoms with van der Waals surface area (Å²) in [6.07, 6.45) is 0.977. The minimum Gasteiger partial charge on any atom is -0.325 e. The molecule has 0 saturated carbocycles. The third-order valence-corrected chi connectivity index (χ3v) is 5.97. The van der Waals surface area contributed by atoms with Gasteiger partial charge in [0.15, 0.2) is 0 Å². The number of aryl methyl sites for hydroxylation is 2. The maximum atomic E-state index is 12.0. The van der Waals surface area contributed by atoms with Gasteiger partial charge in [0.1, 0.15) is 0 Å². The third kappa shape index (κ3) is 8.10. The molecule has 0 spiro atoms. The molecule has 0 heterocycles. The summed E-state index contributed by atoms with van der Waals surface area (Å²) in [7, 11) is 0. The van der Waals surface area contributed by atoms with Crippen molar-refractivity contribution in [3.05, 3.63) is 59.7 Å². The average molecular weight is 403 g/mol. The molecule has 0 aromatic heterocycles. The predicted molar refractivity (Wildman–Crippen MR) is 119 cm³/mol. The van der Waals surface area contributed by atoms with E-state index in [0.29, 0.717) is 11.5 Å². The van der Waals surface area contributed by atoms with Crippen LogP contribution in [0.1, 0.15) is 17.5 Å². The highest BCUT2D eigenvalue weighted by atomic mass is 32.2. The molecular weight excluding hydrogens is 376 g/mol. The Kier molecular flexibility index (Phi) is 9.28. The summed E-state index contributed by atoms with van der Waals surface area (Å²) in [6.45, 7) is 3.96. The molecule has 4 nitrogen and oxygen atoms in total. The number of anilines is 2. The van der Waals surface area contributed by atoms with E-state index in [1.165, 1.54) is 0 Å². The molecule has 2 aromatic carbocycles. The Labute approximate surface area is 169 Å². The van der Waals surface area contributed by atoms with E-state index in [1.54, 1.807) is 23.5 Å². The molecule has 2 amide bonds. The summed E-state index contributed by atoms with van der Waals surface area (Å²) in [5.41, 5.74) is 3.88. The molecule has 2 rings (SSSR count). The largest absolute Gasteiger partial charge is 0.325 e. The van der Waals surface area contributed by atoms with Gasteiger partial charge in [-0.15, -0.1) is 0 Å². The van der Waals surface area contributed by atoms with Gasteiger partial charge in [-0.25, -0.2) is 0 Å². The second kappa shape index (κ2) is 11.7. The van der Waals surface area contributed by atoms with Crippen molar-refractivity contribution in [2.24, 2.45) is 0 Å². The number of amides is 2. The molecule has 0 atom stereocenters. The van der Waals surface area contributed by atoms with Crippen LogP contribution in [0, 0.1) is 13.8 Å². The van der Waals surface area contributed by atoms with Crippen LogP contribution in [0.4, 0.5) is 11.4 Å². The Balaban J connectivity index is 1.52. The zero-order valence-electron chi connectivity index (χ0n) is 15.8. The van der Waals surface area contributed by atoms with Crippen LogP contribution in [0.3, 0.4) is 0 Å². The normalized spacial score (nSPS) is 10.4. The van der Waals surface area contributed by atoms with Crippen LogP contribution in [0.5, 0.6) is 0 Å². The average Bonchev–Trinajstić information content (AvgIpc) is 2.65. The first-order valence-electron chi connectivity index (χ1n) is 8.92. The van der Waals surface area contributed by atoms with Crippen LogP contribution in [0.25, 0.3) is 0 Å². The van der Waals surface area contributed by atoms with Crippen LogP contribution in [-0.2, 0) is 9.59 Å². The summed E-state index contributed by atoms with van der Waals surface area (Å²) in [5, 5.41) is 5.87. The van der Waals surface area contributed by atoms with E-state index in [-0.39, 0.29) is 11.8 Å². The first-order chi connectivity index (χ1) is 13.1. The quantitative estimate of drug-likeness (QED) is 0.564. The number of carbonyl (C=O) groups is 2. The fraction of sp³-hybridized carbons (Fsp3) is 0.333. The molecule has 0 aliphatic heterocycles. The lowest BCUT2D eigenvalue weighted by molar-refractivity contribution is -0.114. The van der Waals surface area contributed by atoms with E-state index in [4.69, 9.17) is 0 Å². The highest BCUT2D eigenvalue weighted by Gasteiger charge is 2.06. The summed E-state index contributed by atoms with van der Waals surface area (Å²) in [4.78, 5) is 23.9. The van der Waals surface area contributed by atoms with Gasteiger partial charge in [0.25, 0.3) is 0 Å². The number of para-hydroxylation sites is 2. The number of hydrogen-bond donors (Lipinski definition) is 2. The van der Waals surface area contributed by atoms with Gasteiger partial charge in [-0.05, 0) is 55.0 Å². The lowest BCUT2D eigenvalue weighted by Gasteiger charge is -2.08. The Morgan fingerprint density at radius 1 is 0.741 bits per heavy atom. The van der Waals surface area contributed by atoms with E-state index >= 15 is 0 Å². The maximum Gasteiger partial charge on any atom is 0.234 e. The molecule has 0 fully saturated rings. The Hall–Kier alpha value is -1.92. The minimum atomic E-state index is 0.0274. The number of carbonyl (C=O) groups excluding carboxylic acids is 2. The van der Waals surface area contributed by atoms with E-state index < -0.39 is 0 Å². The summed E-state index contributed by atoms with van der Waals surface area (Å²) in [6, 6.07) is 15.5. The number of benzene rings is 2. The predicted octanol–water partition coefficient (Wildman–Crippen LogP) is 4.74. The van der Waals surface area contributed by atoms with Crippen LogP contribution < -0.4 is 10.6 Å². The maximum absolute atomic E-state index is 12.0. The van der Waals surface area contributed by atoms with Gasteiger partial charge >= 0.3 is 0 Å². The Morgan fingerprint density at radius 2 is 1.15 bits per heavy atom. The van der Waals surface area contributed by atoms with Crippen molar-refractivity contribution in [3.63, 3.8) is 0 Å². The molecule has 0 aliphatic rings. The lowest BCUT2D eigenvalue weighted by Crippen LogP contribution is -2.15. The van der Waals surface area contributed by atoms with Crippen LogP contribution in [0.15, 0.2) is 48.5 Å².